The largest absolute Gasteiger partial charge is 0.377 e. The van der Waals surface area contributed by atoms with E-state index >= 15 is 0 Å². The van der Waals surface area contributed by atoms with Gasteiger partial charge in [0.05, 0.1) is 0 Å². The Kier molecular flexibility index (Phi) is 4.52. The van der Waals surface area contributed by atoms with Gasteiger partial charge in [-0.25, -0.2) is 0 Å². The van der Waals surface area contributed by atoms with Gasteiger partial charge in [0.1, 0.15) is 0 Å². The van der Waals surface area contributed by atoms with Gasteiger partial charge in [0.15, 0.2) is 0 Å². The molecule has 0 aromatic heterocycles. The average molecular weight is 425 g/mol. The summed E-state index contributed by atoms with van der Waals surface area (Å²) in [5.74, 6) is 0. The van der Waals surface area contributed by atoms with Gasteiger partial charge in [-0.1, -0.05) is 24.3 Å². The van der Waals surface area contributed by atoms with Crippen molar-refractivity contribution in [2.45, 2.75) is 0 Å². The molecule has 4 nitrogen and oxygen atoms in total. The van der Waals surface area contributed by atoms with Crippen LogP contribution in [0.2, 0.25) is 0 Å². The first kappa shape index (κ1) is 20.5. The average Bonchev–Trinajstić information content (AvgIpc) is 2.75. The van der Waals surface area contributed by atoms with Crippen LogP contribution in [0.4, 0.5) is 22.7 Å². The molecule has 0 aliphatic heterocycles. The minimum absolute atomic E-state index is 1.25. The van der Waals surface area contributed by atoms with Crippen molar-refractivity contribution in [1.29, 1.82) is 0 Å². The summed E-state index contributed by atoms with van der Waals surface area (Å²) < 4.78 is 0. The fourth-order valence-electron chi connectivity index (χ4n) is 5.31. The Hall–Kier alpha value is -3.40. The predicted octanol–water partition coefficient (Wildman–Crippen LogP) is 6.00. The zero-order valence-electron chi connectivity index (χ0n) is 20.4. The molecule has 164 valence electrons. The van der Waals surface area contributed by atoms with Crippen LogP contribution in [-0.2, 0) is 0 Å². The van der Waals surface area contributed by atoms with E-state index in [4.69, 9.17) is 0 Å². The van der Waals surface area contributed by atoms with Gasteiger partial charge in [-0.2, -0.15) is 0 Å². The molecule has 0 saturated heterocycles. The zero-order chi connectivity index (χ0) is 22.9. The fraction of sp³-hybridized carbons (Fsp3) is 0.286. The van der Waals surface area contributed by atoms with Crippen LogP contribution in [0.1, 0.15) is 0 Å². The SMILES string of the molecule is CN(C)c1ccc2c3ccc(N(C)C)c4c(N(C)C)ccc(c5ccc(N(C)C)c1c25)c43. The van der Waals surface area contributed by atoms with E-state index in [1.807, 2.05) is 0 Å². The van der Waals surface area contributed by atoms with Crippen molar-refractivity contribution >= 4 is 65.8 Å². The summed E-state index contributed by atoms with van der Waals surface area (Å²) in [5, 5.41) is 10.6. The zero-order valence-corrected chi connectivity index (χ0v) is 20.4. The smallest absolute Gasteiger partial charge is 0.0462 e. The molecule has 0 heterocycles. The molecule has 0 spiro atoms. The second-order valence-corrected chi connectivity index (χ2v) is 9.61. The Morgan fingerprint density at radius 1 is 0.312 bits per heavy atom. The van der Waals surface area contributed by atoms with Crippen LogP contribution in [0.3, 0.4) is 0 Å². The van der Waals surface area contributed by atoms with Crippen molar-refractivity contribution in [2.75, 3.05) is 76.0 Å². The summed E-state index contributed by atoms with van der Waals surface area (Å²) in [4.78, 5) is 8.91. The normalized spacial score (nSPS) is 11.8. The van der Waals surface area contributed by atoms with Crippen LogP contribution in [0.15, 0.2) is 48.5 Å². The van der Waals surface area contributed by atoms with Gasteiger partial charge in [0.2, 0.25) is 0 Å². The Morgan fingerprint density at radius 2 is 0.531 bits per heavy atom. The van der Waals surface area contributed by atoms with Gasteiger partial charge in [-0.3, -0.25) is 0 Å². The minimum Gasteiger partial charge on any atom is -0.377 e. The van der Waals surface area contributed by atoms with Crippen LogP contribution in [0.25, 0.3) is 43.1 Å². The van der Waals surface area contributed by atoms with E-state index < -0.39 is 0 Å². The molecule has 0 atom stereocenters. The highest BCUT2D eigenvalue weighted by Crippen LogP contribution is 2.48. The number of rotatable bonds is 4. The monoisotopic (exact) mass is 424 g/mol. The first-order chi connectivity index (χ1) is 15.2. The van der Waals surface area contributed by atoms with Gasteiger partial charge in [0, 0.05) is 101 Å². The maximum Gasteiger partial charge on any atom is 0.0462 e. The molecular formula is C28H32N4. The summed E-state index contributed by atoms with van der Waals surface area (Å²) in [6, 6.07) is 18.4. The van der Waals surface area contributed by atoms with E-state index in [1.54, 1.807) is 0 Å². The van der Waals surface area contributed by atoms with Crippen LogP contribution in [0.5, 0.6) is 0 Å². The lowest BCUT2D eigenvalue weighted by Gasteiger charge is -2.27. The molecule has 0 saturated carbocycles. The summed E-state index contributed by atoms with van der Waals surface area (Å²) in [6.45, 7) is 0. The first-order valence-corrected chi connectivity index (χ1v) is 11.1. The molecule has 0 aliphatic carbocycles. The predicted molar refractivity (Wildman–Crippen MR) is 145 cm³/mol. The van der Waals surface area contributed by atoms with Crippen molar-refractivity contribution in [3.05, 3.63) is 48.5 Å². The molecule has 5 aromatic carbocycles. The summed E-state index contributed by atoms with van der Waals surface area (Å²) in [5.41, 5.74) is 5.01. The Bertz CT molecular complexity index is 1260. The van der Waals surface area contributed by atoms with E-state index in [-0.39, 0.29) is 0 Å². The van der Waals surface area contributed by atoms with Crippen molar-refractivity contribution in [3.63, 3.8) is 0 Å². The third-order valence-corrected chi connectivity index (χ3v) is 6.74. The second-order valence-electron chi connectivity index (χ2n) is 9.61. The van der Waals surface area contributed by atoms with Crippen LogP contribution >= 0.6 is 0 Å². The van der Waals surface area contributed by atoms with Gasteiger partial charge < -0.3 is 19.6 Å². The number of nitrogens with zero attached hydrogens (tertiary/aromatic N) is 4. The van der Waals surface area contributed by atoms with Gasteiger partial charge >= 0.3 is 0 Å². The molecule has 0 N–H and O–H groups in total. The number of benzene rings is 5. The maximum atomic E-state index is 2.32. The van der Waals surface area contributed by atoms with E-state index in [0.717, 1.165) is 0 Å². The molecule has 0 bridgehead atoms. The Balaban J connectivity index is 2.12. The molecule has 0 radical (unpaired) electrons. The summed E-state index contributed by atoms with van der Waals surface area (Å²) in [7, 11) is 17.1. The van der Waals surface area contributed by atoms with Crippen LogP contribution in [-0.4, -0.2) is 56.4 Å². The van der Waals surface area contributed by atoms with E-state index in [0.29, 0.717) is 0 Å². The highest BCUT2D eigenvalue weighted by molar-refractivity contribution is 6.37. The van der Waals surface area contributed by atoms with Crippen molar-refractivity contribution < 1.29 is 0 Å². The first-order valence-electron chi connectivity index (χ1n) is 11.1. The number of fused-ring (bicyclic) bond motifs is 2. The maximum absolute atomic E-state index is 2.32. The molecule has 32 heavy (non-hydrogen) atoms. The minimum atomic E-state index is 1.25. The third-order valence-electron chi connectivity index (χ3n) is 6.74. The second kappa shape index (κ2) is 7.06. The molecule has 4 heteroatoms. The molecule has 5 aromatic rings. The van der Waals surface area contributed by atoms with E-state index in [9.17, 15) is 0 Å². The lowest BCUT2D eigenvalue weighted by molar-refractivity contribution is 1.12. The van der Waals surface area contributed by atoms with Crippen molar-refractivity contribution in [2.24, 2.45) is 0 Å². The molecular weight excluding hydrogens is 392 g/mol. The number of anilines is 4. The fourth-order valence-corrected chi connectivity index (χ4v) is 5.31. The molecule has 5 rings (SSSR count). The summed E-state index contributed by atoms with van der Waals surface area (Å²) in [6.07, 6.45) is 0. The van der Waals surface area contributed by atoms with Gasteiger partial charge in [-0.05, 0) is 45.8 Å². The quantitative estimate of drug-likeness (QED) is 0.259. The highest BCUT2D eigenvalue weighted by atomic mass is 15.1. The van der Waals surface area contributed by atoms with Gasteiger partial charge in [0.25, 0.3) is 0 Å². The number of hydrogen-bond donors (Lipinski definition) is 0. The Morgan fingerprint density at radius 3 is 0.719 bits per heavy atom. The van der Waals surface area contributed by atoms with Gasteiger partial charge in [-0.15, -0.1) is 0 Å². The lowest BCUT2D eigenvalue weighted by atomic mass is 9.87. The van der Waals surface area contributed by atoms with Crippen molar-refractivity contribution in [3.8, 4) is 0 Å². The number of hydrogen-bond acceptors (Lipinski definition) is 4. The third kappa shape index (κ3) is 2.68. The molecule has 0 fully saturated rings. The Labute approximate surface area is 190 Å². The topological polar surface area (TPSA) is 13.0 Å². The lowest BCUT2D eigenvalue weighted by Crippen LogP contribution is -2.14. The van der Waals surface area contributed by atoms with Crippen LogP contribution in [0, 0.1) is 0 Å². The van der Waals surface area contributed by atoms with Crippen molar-refractivity contribution in [1.82, 2.24) is 0 Å². The molecule has 0 unspecified atom stereocenters. The summed E-state index contributed by atoms with van der Waals surface area (Å²) >= 11 is 0. The standard InChI is InChI=1S/C28H32N4/c1-29(2)21-13-9-17-19-11-15-23(31(5)6)28-24(32(7)8)16-12-20(26(19)28)18-10-14-22(30(3)4)27(21)25(17)18/h9-16H,1-8H3. The van der Waals surface area contributed by atoms with Crippen LogP contribution < -0.4 is 19.6 Å². The van der Waals surface area contributed by atoms with E-state index in [1.165, 1.54) is 65.8 Å². The van der Waals surface area contributed by atoms with E-state index in [2.05, 4.69) is 125 Å². The highest BCUT2D eigenvalue weighted by Gasteiger charge is 2.21. The molecule has 0 aliphatic rings. The molecule has 0 amide bonds.